The highest BCUT2D eigenvalue weighted by Crippen LogP contribution is 2.19. The van der Waals surface area contributed by atoms with Gasteiger partial charge in [-0.25, -0.2) is 9.78 Å². The molecule has 0 saturated heterocycles. The monoisotopic (exact) mass is 280 g/mol. The van der Waals surface area contributed by atoms with Crippen LogP contribution in [0.1, 0.15) is 56.3 Å². The van der Waals surface area contributed by atoms with E-state index in [-0.39, 0.29) is 11.7 Å². The van der Waals surface area contributed by atoms with Gasteiger partial charge >= 0.3 is 5.97 Å². The summed E-state index contributed by atoms with van der Waals surface area (Å²) in [6.07, 6.45) is 7.27. The number of methoxy groups -OCH3 is 1. The summed E-state index contributed by atoms with van der Waals surface area (Å²) in [6, 6.07) is 1.53. The van der Waals surface area contributed by atoms with Crippen LogP contribution in [0.5, 0.6) is 5.88 Å². The largest absolute Gasteiger partial charge is 0.475 e. The molecule has 1 rings (SSSR count). The second-order valence-electron chi connectivity index (χ2n) is 4.88. The highest BCUT2D eigenvalue weighted by Gasteiger charge is 2.13. The fourth-order valence-corrected chi connectivity index (χ4v) is 1.92. The van der Waals surface area contributed by atoms with Crippen molar-refractivity contribution in [2.75, 3.05) is 12.8 Å². The van der Waals surface area contributed by atoms with Crippen molar-refractivity contribution in [1.82, 2.24) is 4.98 Å². The lowest BCUT2D eigenvalue weighted by Crippen LogP contribution is -2.14. The van der Waals surface area contributed by atoms with Gasteiger partial charge < -0.3 is 15.2 Å². The number of aromatic nitrogens is 1. The van der Waals surface area contributed by atoms with Crippen molar-refractivity contribution in [3.05, 3.63) is 17.8 Å². The van der Waals surface area contributed by atoms with Crippen LogP contribution in [0.3, 0.4) is 0 Å². The number of ether oxygens (including phenoxy) is 2. The zero-order valence-corrected chi connectivity index (χ0v) is 12.5. The van der Waals surface area contributed by atoms with Crippen molar-refractivity contribution >= 4 is 11.7 Å². The van der Waals surface area contributed by atoms with Gasteiger partial charge in [-0.05, 0) is 19.8 Å². The third-order valence-electron chi connectivity index (χ3n) is 3.10. The molecule has 0 aliphatic heterocycles. The minimum absolute atomic E-state index is 0.0634. The maximum Gasteiger partial charge on any atom is 0.340 e. The molecule has 0 saturated carbocycles. The minimum Gasteiger partial charge on any atom is -0.475 e. The van der Waals surface area contributed by atoms with E-state index >= 15 is 0 Å². The molecule has 0 bridgehead atoms. The molecule has 1 aromatic heterocycles. The fraction of sp³-hybridized carbons (Fsp3) is 0.600. The van der Waals surface area contributed by atoms with Gasteiger partial charge in [0.2, 0.25) is 5.88 Å². The number of anilines is 1. The van der Waals surface area contributed by atoms with Crippen LogP contribution >= 0.6 is 0 Å². The number of nitrogen functional groups attached to an aromatic ring is 1. The molecule has 1 atom stereocenters. The molecule has 0 spiro atoms. The SMILES string of the molecule is CCCCCCC(C)Oc1cc(C(=O)OC)c(N)cn1. The van der Waals surface area contributed by atoms with Gasteiger partial charge in [0.15, 0.2) is 0 Å². The third-order valence-corrected chi connectivity index (χ3v) is 3.10. The molecule has 0 fully saturated rings. The average Bonchev–Trinajstić information content (AvgIpc) is 2.45. The Morgan fingerprint density at radius 1 is 1.40 bits per heavy atom. The van der Waals surface area contributed by atoms with Crippen LogP contribution in [-0.4, -0.2) is 24.2 Å². The Morgan fingerprint density at radius 3 is 2.80 bits per heavy atom. The fourth-order valence-electron chi connectivity index (χ4n) is 1.92. The smallest absolute Gasteiger partial charge is 0.340 e. The number of rotatable bonds is 8. The van der Waals surface area contributed by atoms with Gasteiger partial charge in [-0.1, -0.05) is 26.2 Å². The molecule has 5 heteroatoms. The molecule has 20 heavy (non-hydrogen) atoms. The van der Waals surface area contributed by atoms with E-state index in [1.54, 1.807) is 0 Å². The average molecular weight is 280 g/mol. The molecule has 2 N–H and O–H groups in total. The molecule has 0 aliphatic carbocycles. The molecule has 5 nitrogen and oxygen atoms in total. The zero-order valence-electron chi connectivity index (χ0n) is 12.5. The van der Waals surface area contributed by atoms with Gasteiger partial charge in [0.1, 0.15) is 0 Å². The number of carbonyl (C=O) groups excluding carboxylic acids is 1. The summed E-state index contributed by atoms with van der Waals surface area (Å²) >= 11 is 0. The first-order chi connectivity index (χ1) is 9.58. The Morgan fingerprint density at radius 2 is 2.15 bits per heavy atom. The number of esters is 1. The number of hydrogen-bond acceptors (Lipinski definition) is 5. The van der Waals surface area contributed by atoms with Crippen molar-refractivity contribution in [2.24, 2.45) is 0 Å². The summed E-state index contributed by atoms with van der Waals surface area (Å²) in [4.78, 5) is 15.6. The van der Waals surface area contributed by atoms with Crippen LogP contribution in [0.4, 0.5) is 5.69 Å². The number of hydrogen-bond donors (Lipinski definition) is 1. The van der Waals surface area contributed by atoms with E-state index in [4.69, 9.17) is 10.5 Å². The van der Waals surface area contributed by atoms with Crippen LogP contribution in [0.25, 0.3) is 0 Å². The van der Waals surface area contributed by atoms with Crippen molar-refractivity contribution < 1.29 is 14.3 Å². The van der Waals surface area contributed by atoms with E-state index in [9.17, 15) is 4.79 Å². The van der Waals surface area contributed by atoms with E-state index in [2.05, 4.69) is 16.6 Å². The highest BCUT2D eigenvalue weighted by atomic mass is 16.5. The molecular formula is C15H24N2O3. The maximum absolute atomic E-state index is 11.5. The lowest BCUT2D eigenvalue weighted by molar-refractivity contribution is 0.0600. The molecule has 112 valence electrons. The van der Waals surface area contributed by atoms with Gasteiger partial charge in [-0.3, -0.25) is 0 Å². The van der Waals surface area contributed by atoms with Crippen LogP contribution in [0, 0.1) is 0 Å². The predicted molar refractivity (Wildman–Crippen MR) is 78.8 cm³/mol. The third kappa shape index (κ3) is 5.07. The Hall–Kier alpha value is -1.78. The summed E-state index contributed by atoms with van der Waals surface area (Å²) in [5.74, 6) is -0.0760. The Kier molecular flexibility index (Phi) is 6.84. The van der Waals surface area contributed by atoms with E-state index in [1.807, 2.05) is 6.92 Å². The molecule has 1 unspecified atom stereocenters. The van der Waals surface area contributed by atoms with Crippen molar-refractivity contribution in [3.63, 3.8) is 0 Å². The Bertz CT molecular complexity index is 435. The number of unbranched alkanes of at least 4 members (excludes halogenated alkanes) is 3. The van der Waals surface area contributed by atoms with E-state index < -0.39 is 5.97 Å². The van der Waals surface area contributed by atoms with E-state index in [1.165, 1.54) is 38.6 Å². The van der Waals surface area contributed by atoms with Crippen molar-refractivity contribution in [1.29, 1.82) is 0 Å². The van der Waals surface area contributed by atoms with Crippen LogP contribution < -0.4 is 10.5 Å². The van der Waals surface area contributed by atoms with Crippen LogP contribution in [-0.2, 0) is 4.74 Å². The second-order valence-corrected chi connectivity index (χ2v) is 4.88. The quantitative estimate of drug-likeness (QED) is 0.584. The molecule has 0 amide bonds. The maximum atomic E-state index is 11.5. The predicted octanol–water partition coefficient (Wildman–Crippen LogP) is 3.19. The Balaban J connectivity index is 2.57. The van der Waals surface area contributed by atoms with Crippen molar-refractivity contribution in [2.45, 2.75) is 52.1 Å². The van der Waals surface area contributed by atoms with Gasteiger partial charge in [0.25, 0.3) is 0 Å². The minimum atomic E-state index is -0.481. The van der Waals surface area contributed by atoms with Crippen LogP contribution in [0.2, 0.25) is 0 Å². The van der Waals surface area contributed by atoms with Crippen LogP contribution in [0.15, 0.2) is 12.3 Å². The first-order valence-electron chi connectivity index (χ1n) is 7.09. The highest BCUT2D eigenvalue weighted by molar-refractivity contribution is 5.95. The number of nitrogens with two attached hydrogens (primary N) is 1. The summed E-state index contributed by atoms with van der Waals surface area (Å²) < 4.78 is 10.4. The molecule has 1 heterocycles. The lowest BCUT2D eigenvalue weighted by Gasteiger charge is -2.14. The van der Waals surface area contributed by atoms with Crippen molar-refractivity contribution in [3.8, 4) is 5.88 Å². The molecule has 0 aliphatic rings. The second kappa shape index (κ2) is 8.40. The summed E-state index contributed by atoms with van der Waals surface area (Å²) in [7, 11) is 1.32. The topological polar surface area (TPSA) is 74.4 Å². The molecule has 1 aromatic rings. The summed E-state index contributed by atoms with van der Waals surface area (Å²) in [5.41, 5.74) is 6.27. The molecule has 0 aromatic carbocycles. The normalized spacial score (nSPS) is 11.9. The Labute approximate surface area is 120 Å². The van der Waals surface area contributed by atoms with Gasteiger partial charge in [0, 0.05) is 6.07 Å². The molecule has 0 radical (unpaired) electrons. The van der Waals surface area contributed by atoms with Gasteiger partial charge in [0.05, 0.1) is 30.7 Å². The van der Waals surface area contributed by atoms with Gasteiger partial charge in [-0.2, -0.15) is 0 Å². The zero-order chi connectivity index (χ0) is 15.0. The number of pyridine rings is 1. The first-order valence-corrected chi connectivity index (χ1v) is 7.09. The summed E-state index contributed by atoms with van der Waals surface area (Å²) in [6.45, 7) is 4.19. The van der Waals surface area contributed by atoms with Gasteiger partial charge in [-0.15, -0.1) is 0 Å². The standard InChI is InChI=1S/C15H24N2O3/c1-4-5-6-7-8-11(2)20-14-9-12(15(18)19-3)13(16)10-17-14/h9-11H,4-8,16H2,1-3H3. The van der Waals surface area contributed by atoms with E-state index in [0.29, 0.717) is 11.6 Å². The van der Waals surface area contributed by atoms with E-state index in [0.717, 1.165) is 12.8 Å². The number of carbonyl (C=O) groups is 1. The lowest BCUT2D eigenvalue weighted by atomic mass is 10.1. The first kappa shape index (κ1) is 16.3. The molecular weight excluding hydrogens is 256 g/mol. The summed E-state index contributed by atoms with van der Waals surface area (Å²) in [5, 5.41) is 0. The number of nitrogens with zero attached hydrogens (tertiary/aromatic N) is 1.